The van der Waals surface area contributed by atoms with Gasteiger partial charge in [-0.05, 0) is 17.7 Å². The monoisotopic (exact) mass is 311 g/mol. The molecular weight excluding hydrogens is 297 g/mol. The van der Waals surface area contributed by atoms with E-state index in [1.807, 2.05) is 30.3 Å². The van der Waals surface area contributed by atoms with Gasteiger partial charge in [0.1, 0.15) is 0 Å². The first kappa shape index (κ1) is 15.0. The maximum Gasteiger partial charge on any atom is 0.152 e. The summed E-state index contributed by atoms with van der Waals surface area (Å²) in [5, 5.41) is 13.3. The van der Waals surface area contributed by atoms with Gasteiger partial charge in [-0.2, -0.15) is 0 Å². The Labute approximate surface area is 128 Å². The first-order valence-electron chi connectivity index (χ1n) is 6.10. The first-order chi connectivity index (χ1) is 9.61. The number of aromatic hydroxyl groups is 1. The standard InChI is InChI=1S/C15H15Cl2NO2/c1-20-9-14(10-5-3-2-4-6-10)18-11-7-12(16)15(19)13(17)8-11/h2-8,14,18-19H,9H2,1H3. The molecule has 20 heavy (non-hydrogen) atoms. The highest BCUT2D eigenvalue weighted by Crippen LogP contribution is 2.35. The normalized spacial score (nSPS) is 12.2. The lowest BCUT2D eigenvalue weighted by molar-refractivity contribution is 0.186. The summed E-state index contributed by atoms with van der Waals surface area (Å²) in [7, 11) is 1.65. The van der Waals surface area contributed by atoms with E-state index in [0.717, 1.165) is 11.3 Å². The van der Waals surface area contributed by atoms with Crippen LogP contribution in [-0.2, 0) is 4.74 Å². The minimum Gasteiger partial charge on any atom is -0.505 e. The molecule has 1 atom stereocenters. The van der Waals surface area contributed by atoms with Crippen LogP contribution in [0.1, 0.15) is 11.6 Å². The Morgan fingerprint density at radius 3 is 2.30 bits per heavy atom. The van der Waals surface area contributed by atoms with E-state index in [1.54, 1.807) is 19.2 Å². The fourth-order valence-corrected chi connectivity index (χ4v) is 2.41. The SMILES string of the molecule is COCC(Nc1cc(Cl)c(O)c(Cl)c1)c1ccccc1. The van der Waals surface area contributed by atoms with E-state index in [1.165, 1.54) is 0 Å². The maximum atomic E-state index is 9.57. The molecule has 0 aliphatic rings. The van der Waals surface area contributed by atoms with Gasteiger partial charge in [0.25, 0.3) is 0 Å². The van der Waals surface area contributed by atoms with Gasteiger partial charge in [0.2, 0.25) is 0 Å². The third-order valence-electron chi connectivity index (χ3n) is 2.89. The summed E-state index contributed by atoms with van der Waals surface area (Å²) in [5.74, 6) is -0.109. The van der Waals surface area contributed by atoms with Crippen molar-refractivity contribution in [3.8, 4) is 5.75 Å². The molecule has 0 heterocycles. The summed E-state index contributed by atoms with van der Waals surface area (Å²) in [6.07, 6.45) is 0. The van der Waals surface area contributed by atoms with Gasteiger partial charge in [-0.15, -0.1) is 0 Å². The quantitative estimate of drug-likeness (QED) is 0.799. The second-order valence-electron chi connectivity index (χ2n) is 4.35. The van der Waals surface area contributed by atoms with Crippen molar-refractivity contribution < 1.29 is 9.84 Å². The molecule has 0 aliphatic carbocycles. The smallest absolute Gasteiger partial charge is 0.152 e. The second-order valence-corrected chi connectivity index (χ2v) is 5.17. The minimum absolute atomic E-state index is 0.0297. The second kappa shape index (κ2) is 6.84. The largest absolute Gasteiger partial charge is 0.505 e. The first-order valence-corrected chi connectivity index (χ1v) is 6.86. The lowest BCUT2D eigenvalue weighted by Crippen LogP contribution is -2.16. The van der Waals surface area contributed by atoms with E-state index in [9.17, 15) is 5.11 Å². The summed E-state index contributed by atoms with van der Waals surface area (Å²) in [6.45, 7) is 0.500. The van der Waals surface area contributed by atoms with E-state index >= 15 is 0 Å². The van der Waals surface area contributed by atoms with Crippen molar-refractivity contribution in [3.63, 3.8) is 0 Å². The van der Waals surface area contributed by atoms with Gasteiger partial charge in [0, 0.05) is 12.8 Å². The van der Waals surface area contributed by atoms with Gasteiger partial charge < -0.3 is 15.2 Å². The van der Waals surface area contributed by atoms with Crippen molar-refractivity contribution in [2.24, 2.45) is 0 Å². The molecule has 0 bridgehead atoms. The zero-order valence-electron chi connectivity index (χ0n) is 10.9. The Balaban J connectivity index is 2.25. The van der Waals surface area contributed by atoms with Crippen molar-refractivity contribution in [1.82, 2.24) is 0 Å². The van der Waals surface area contributed by atoms with E-state index in [2.05, 4.69) is 5.32 Å². The lowest BCUT2D eigenvalue weighted by Gasteiger charge is -2.20. The Morgan fingerprint density at radius 2 is 1.75 bits per heavy atom. The fourth-order valence-electron chi connectivity index (χ4n) is 1.92. The van der Waals surface area contributed by atoms with Crippen LogP contribution >= 0.6 is 23.2 Å². The number of phenolic OH excluding ortho intramolecular Hbond substituents is 1. The molecule has 0 radical (unpaired) electrons. The van der Waals surface area contributed by atoms with E-state index < -0.39 is 0 Å². The number of anilines is 1. The van der Waals surface area contributed by atoms with Gasteiger partial charge >= 0.3 is 0 Å². The van der Waals surface area contributed by atoms with Crippen molar-refractivity contribution >= 4 is 28.9 Å². The minimum atomic E-state index is -0.109. The number of nitrogens with one attached hydrogen (secondary N) is 1. The van der Waals surface area contributed by atoms with Crippen LogP contribution in [0.3, 0.4) is 0 Å². The summed E-state index contributed by atoms with van der Waals surface area (Å²) in [6, 6.07) is 13.2. The summed E-state index contributed by atoms with van der Waals surface area (Å²) >= 11 is 11.8. The van der Waals surface area contributed by atoms with E-state index in [0.29, 0.717) is 6.61 Å². The Kier molecular flexibility index (Phi) is 5.12. The van der Waals surface area contributed by atoms with Crippen LogP contribution in [-0.4, -0.2) is 18.8 Å². The number of halogens is 2. The summed E-state index contributed by atoms with van der Waals surface area (Å²) in [4.78, 5) is 0. The number of phenols is 1. The summed E-state index contributed by atoms with van der Waals surface area (Å²) < 4.78 is 5.24. The fraction of sp³-hybridized carbons (Fsp3) is 0.200. The van der Waals surface area contributed by atoms with Crippen molar-refractivity contribution in [1.29, 1.82) is 0 Å². The van der Waals surface area contributed by atoms with E-state index in [-0.39, 0.29) is 21.8 Å². The molecule has 2 rings (SSSR count). The third-order valence-corrected chi connectivity index (χ3v) is 3.47. The van der Waals surface area contributed by atoms with Crippen LogP contribution in [0.2, 0.25) is 10.0 Å². The molecule has 3 nitrogen and oxygen atoms in total. The van der Waals surface area contributed by atoms with Crippen LogP contribution in [0.4, 0.5) is 5.69 Å². The van der Waals surface area contributed by atoms with Gasteiger partial charge in [0.05, 0.1) is 22.7 Å². The molecule has 0 spiro atoms. The topological polar surface area (TPSA) is 41.5 Å². The average molecular weight is 312 g/mol. The molecule has 2 N–H and O–H groups in total. The van der Waals surface area contributed by atoms with Crippen molar-refractivity contribution in [3.05, 3.63) is 58.1 Å². The predicted molar refractivity (Wildman–Crippen MR) is 82.8 cm³/mol. The van der Waals surface area contributed by atoms with Crippen molar-refractivity contribution in [2.75, 3.05) is 19.0 Å². The number of hydrogen-bond donors (Lipinski definition) is 2. The highest BCUT2D eigenvalue weighted by atomic mass is 35.5. The van der Waals surface area contributed by atoms with Crippen LogP contribution in [0.15, 0.2) is 42.5 Å². The third kappa shape index (κ3) is 3.57. The molecule has 0 amide bonds. The Bertz CT molecular complexity index is 552. The number of ether oxygens (including phenoxy) is 1. The highest BCUT2D eigenvalue weighted by molar-refractivity contribution is 6.37. The van der Waals surface area contributed by atoms with Gasteiger partial charge in [-0.3, -0.25) is 0 Å². The molecule has 0 fully saturated rings. The summed E-state index contributed by atoms with van der Waals surface area (Å²) in [5.41, 5.74) is 1.82. The van der Waals surface area contributed by atoms with Gasteiger partial charge in [-0.25, -0.2) is 0 Å². The molecule has 2 aromatic carbocycles. The number of hydrogen-bond acceptors (Lipinski definition) is 3. The number of rotatable bonds is 5. The number of benzene rings is 2. The molecule has 0 saturated carbocycles. The zero-order valence-corrected chi connectivity index (χ0v) is 12.4. The highest BCUT2D eigenvalue weighted by Gasteiger charge is 2.13. The predicted octanol–water partition coefficient (Wildman–Crippen LogP) is 4.50. The van der Waals surface area contributed by atoms with Gasteiger partial charge in [0.15, 0.2) is 5.75 Å². The van der Waals surface area contributed by atoms with Crippen molar-refractivity contribution in [2.45, 2.75) is 6.04 Å². The molecule has 5 heteroatoms. The van der Waals surface area contributed by atoms with Crippen LogP contribution in [0, 0.1) is 0 Å². The van der Waals surface area contributed by atoms with E-state index in [4.69, 9.17) is 27.9 Å². The lowest BCUT2D eigenvalue weighted by atomic mass is 10.1. The molecule has 0 aliphatic heterocycles. The molecule has 2 aromatic rings. The maximum absolute atomic E-state index is 9.57. The van der Waals surface area contributed by atoms with Crippen LogP contribution in [0.25, 0.3) is 0 Å². The van der Waals surface area contributed by atoms with Crippen LogP contribution < -0.4 is 5.32 Å². The molecule has 0 saturated heterocycles. The zero-order chi connectivity index (χ0) is 14.5. The number of methoxy groups -OCH3 is 1. The molecule has 1 unspecified atom stereocenters. The Hall–Kier alpha value is -1.42. The van der Waals surface area contributed by atoms with Gasteiger partial charge in [-0.1, -0.05) is 53.5 Å². The molecule has 0 aromatic heterocycles. The average Bonchev–Trinajstić information content (AvgIpc) is 2.45. The van der Waals surface area contributed by atoms with Crippen LogP contribution in [0.5, 0.6) is 5.75 Å². The Morgan fingerprint density at radius 1 is 1.15 bits per heavy atom. The molecular formula is C15H15Cl2NO2. The molecule has 106 valence electrons.